The molecule has 0 spiro atoms. The lowest BCUT2D eigenvalue weighted by Crippen LogP contribution is -2.11. The minimum absolute atomic E-state index is 0.0324. The molecule has 2 heterocycles. The highest BCUT2D eigenvalue weighted by Crippen LogP contribution is 2.42. The van der Waals surface area contributed by atoms with Gasteiger partial charge in [-0.25, -0.2) is 14.1 Å². The first-order chi connectivity index (χ1) is 10.1. The minimum Gasteiger partial charge on any atom is -0.290 e. The third kappa shape index (κ3) is 2.07. The molecule has 0 saturated heterocycles. The highest BCUT2D eigenvalue weighted by atomic mass is 35.5. The zero-order valence-electron chi connectivity index (χ0n) is 11.2. The van der Waals surface area contributed by atoms with Crippen molar-refractivity contribution in [2.45, 2.75) is 31.5 Å². The lowest BCUT2D eigenvalue weighted by Gasteiger charge is -2.13. The van der Waals surface area contributed by atoms with Crippen molar-refractivity contribution >= 4 is 17.4 Å². The summed E-state index contributed by atoms with van der Waals surface area (Å²) in [6.07, 6.45) is 0.821. The van der Waals surface area contributed by atoms with E-state index < -0.39 is 6.17 Å². The number of rotatable bonds is 3. The number of carbonyl (C=O) groups is 1. The van der Waals surface area contributed by atoms with Gasteiger partial charge in [0.15, 0.2) is 12.0 Å². The summed E-state index contributed by atoms with van der Waals surface area (Å²) in [5.41, 5.74) is 0.816. The van der Waals surface area contributed by atoms with Crippen LogP contribution >= 0.6 is 11.6 Å². The van der Waals surface area contributed by atoms with Crippen molar-refractivity contribution in [2.75, 3.05) is 0 Å². The third-order valence-corrected chi connectivity index (χ3v) is 4.44. The third-order valence-electron chi connectivity index (χ3n) is 4.10. The second kappa shape index (κ2) is 4.63. The van der Waals surface area contributed by atoms with E-state index >= 15 is 0 Å². The van der Waals surface area contributed by atoms with Gasteiger partial charge in [-0.05, 0) is 24.5 Å². The number of hydrogen-bond donors (Lipinski definition) is 0. The first kappa shape index (κ1) is 13.0. The molecule has 2 atom stereocenters. The fourth-order valence-electron chi connectivity index (χ4n) is 2.82. The number of nitrogens with zero attached hydrogens (tertiary/aromatic N) is 3. The quantitative estimate of drug-likeness (QED) is 0.815. The monoisotopic (exact) mass is 305 g/mol. The Hall–Kier alpha value is -1.75. The topological polar surface area (TPSA) is 47.8 Å². The van der Waals surface area contributed by atoms with Crippen molar-refractivity contribution in [3.8, 4) is 0 Å². The molecule has 1 fully saturated rings. The van der Waals surface area contributed by atoms with Crippen molar-refractivity contribution in [3.05, 3.63) is 46.5 Å². The van der Waals surface area contributed by atoms with Gasteiger partial charge in [0.1, 0.15) is 0 Å². The summed E-state index contributed by atoms with van der Waals surface area (Å²) in [5, 5.41) is 4.84. The minimum atomic E-state index is -1.21. The predicted octanol–water partition coefficient (Wildman–Crippen LogP) is 3.53. The molecule has 1 aliphatic heterocycles. The summed E-state index contributed by atoms with van der Waals surface area (Å²) < 4.78 is 15.7. The molecule has 0 bridgehead atoms. The van der Waals surface area contributed by atoms with E-state index in [4.69, 9.17) is 11.6 Å². The van der Waals surface area contributed by atoms with Crippen LogP contribution in [0.15, 0.2) is 24.3 Å². The highest BCUT2D eigenvalue weighted by Gasteiger charge is 2.39. The van der Waals surface area contributed by atoms with Gasteiger partial charge in [0.25, 0.3) is 0 Å². The fourth-order valence-corrected chi connectivity index (χ4v) is 3.08. The van der Waals surface area contributed by atoms with Crippen LogP contribution in [-0.2, 0) is 0 Å². The first-order valence-electron chi connectivity index (χ1n) is 7.04. The normalized spacial score (nSPS) is 24.1. The molecular weight excluding hydrogens is 293 g/mol. The Bertz CT molecular complexity index is 725. The molecule has 6 heteroatoms. The fraction of sp³-hybridized carbons (Fsp3) is 0.400. The van der Waals surface area contributed by atoms with Gasteiger partial charge in [0.2, 0.25) is 11.6 Å². The van der Waals surface area contributed by atoms with E-state index in [0.717, 1.165) is 18.4 Å². The standard InChI is InChI=1S/C15H13ClFN3O/c16-10-4-2-1-3-9(10)12-7-11(17)15-18-14(19-20(12)15)13(21)8-5-6-8/h1-4,8,11-12H,5-7H2/t11-,12-/m1/s1. The zero-order valence-corrected chi connectivity index (χ0v) is 11.9. The van der Waals surface area contributed by atoms with E-state index in [9.17, 15) is 9.18 Å². The summed E-state index contributed by atoms with van der Waals surface area (Å²) >= 11 is 6.20. The van der Waals surface area contributed by atoms with E-state index in [1.807, 2.05) is 18.2 Å². The molecule has 1 saturated carbocycles. The first-order valence-corrected chi connectivity index (χ1v) is 7.42. The average Bonchev–Trinajstić information content (AvgIpc) is 3.15. The molecule has 1 aromatic carbocycles. The molecule has 2 aliphatic rings. The van der Waals surface area contributed by atoms with Gasteiger partial charge in [-0.2, -0.15) is 0 Å². The molecule has 108 valence electrons. The maximum Gasteiger partial charge on any atom is 0.217 e. The van der Waals surface area contributed by atoms with Crippen molar-refractivity contribution < 1.29 is 9.18 Å². The lowest BCUT2D eigenvalue weighted by molar-refractivity contribution is 0.0956. The second-order valence-electron chi connectivity index (χ2n) is 5.62. The molecule has 0 radical (unpaired) electrons. The Kier molecular flexibility index (Phi) is 2.85. The van der Waals surface area contributed by atoms with Gasteiger partial charge in [-0.3, -0.25) is 4.79 Å². The summed E-state index contributed by atoms with van der Waals surface area (Å²) in [7, 11) is 0. The van der Waals surface area contributed by atoms with Gasteiger partial charge in [-0.1, -0.05) is 29.8 Å². The van der Waals surface area contributed by atoms with Crippen molar-refractivity contribution in [1.29, 1.82) is 0 Å². The van der Waals surface area contributed by atoms with Gasteiger partial charge >= 0.3 is 0 Å². The van der Waals surface area contributed by atoms with Crippen LogP contribution < -0.4 is 0 Å². The number of alkyl halides is 1. The van der Waals surface area contributed by atoms with Crippen LogP contribution in [0.3, 0.4) is 0 Å². The van der Waals surface area contributed by atoms with Crippen LogP contribution in [-0.4, -0.2) is 20.5 Å². The molecule has 2 aromatic rings. The summed E-state index contributed by atoms with van der Waals surface area (Å²) in [6, 6.07) is 7.03. The van der Waals surface area contributed by atoms with E-state index in [0.29, 0.717) is 5.02 Å². The summed E-state index contributed by atoms with van der Waals surface area (Å²) in [5.74, 6) is 0.350. The number of Topliss-reactive ketones (excluding diaryl/α,β-unsaturated/α-hetero) is 1. The Morgan fingerprint density at radius 3 is 2.81 bits per heavy atom. The lowest BCUT2D eigenvalue weighted by atomic mass is 10.0. The van der Waals surface area contributed by atoms with E-state index in [1.54, 1.807) is 6.07 Å². The molecular formula is C15H13ClFN3O. The Balaban J connectivity index is 1.75. The molecule has 4 rings (SSSR count). The molecule has 0 unspecified atom stereocenters. The molecule has 1 aromatic heterocycles. The number of fused-ring (bicyclic) bond motifs is 1. The number of aromatic nitrogens is 3. The number of carbonyl (C=O) groups excluding carboxylic acids is 1. The maximum atomic E-state index is 14.2. The Morgan fingerprint density at radius 1 is 1.33 bits per heavy atom. The van der Waals surface area contributed by atoms with E-state index in [-0.39, 0.29) is 35.8 Å². The van der Waals surface area contributed by atoms with Gasteiger partial charge in [0, 0.05) is 17.4 Å². The Morgan fingerprint density at radius 2 is 2.10 bits per heavy atom. The molecule has 21 heavy (non-hydrogen) atoms. The van der Waals surface area contributed by atoms with Gasteiger partial charge in [0.05, 0.1) is 6.04 Å². The van der Waals surface area contributed by atoms with Crippen LogP contribution in [0.2, 0.25) is 5.02 Å². The van der Waals surface area contributed by atoms with E-state index in [1.165, 1.54) is 4.68 Å². The predicted molar refractivity (Wildman–Crippen MR) is 75.1 cm³/mol. The van der Waals surface area contributed by atoms with Crippen LogP contribution in [0.4, 0.5) is 4.39 Å². The number of hydrogen-bond acceptors (Lipinski definition) is 3. The van der Waals surface area contributed by atoms with Gasteiger partial charge in [-0.15, -0.1) is 5.10 Å². The summed E-state index contributed by atoms with van der Waals surface area (Å²) in [4.78, 5) is 16.2. The number of halogens is 2. The number of benzene rings is 1. The van der Waals surface area contributed by atoms with Crippen molar-refractivity contribution in [1.82, 2.24) is 14.8 Å². The Labute approximate surface area is 125 Å². The SMILES string of the molecule is O=C(c1nc2n(n1)[C@@H](c1ccccc1Cl)C[C@H]2F)C1CC1. The summed E-state index contributed by atoms with van der Waals surface area (Å²) in [6.45, 7) is 0. The van der Waals surface area contributed by atoms with Crippen LogP contribution in [0.5, 0.6) is 0 Å². The van der Waals surface area contributed by atoms with Crippen molar-refractivity contribution in [3.63, 3.8) is 0 Å². The zero-order chi connectivity index (χ0) is 14.6. The van der Waals surface area contributed by atoms with Gasteiger partial charge < -0.3 is 0 Å². The number of ketones is 1. The van der Waals surface area contributed by atoms with Crippen LogP contribution in [0, 0.1) is 5.92 Å². The smallest absolute Gasteiger partial charge is 0.217 e. The molecule has 4 nitrogen and oxygen atoms in total. The second-order valence-corrected chi connectivity index (χ2v) is 6.02. The van der Waals surface area contributed by atoms with Crippen LogP contribution in [0.25, 0.3) is 0 Å². The van der Waals surface area contributed by atoms with Crippen LogP contribution in [0.1, 0.15) is 53.5 Å². The molecule has 0 amide bonds. The molecule has 1 aliphatic carbocycles. The maximum absolute atomic E-state index is 14.2. The van der Waals surface area contributed by atoms with E-state index in [2.05, 4.69) is 10.1 Å². The largest absolute Gasteiger partial charge is 0.290 e. The van der Waals surface area contributed by atoms with Crippen molar-refractivity contribution in [2.24, 2.45) is 5.92 Å². The highest BCUT2D eigenvalue weighted by molar-refractivity contribution is 6.31. The molecule has 0 N–H and O–H groups in total. The average molecular weight is 306 g/mol.